The lowest BCUT2D eigenvalue weighted by Gasteiger charge is -2.11. The summed E-state index contributed by atoms with van der Waals surface area (Å²) in [6, 6.07) is 5.68. The van der Waals surface area contributed by atoms with Gasteiger partial charge in [-0.3, -0.25) is 4.79 Å². The van der Waals surface area contributed by atoms with Gasteiger partial charge in [0, 0.05) is 31.4 Å². The van der Waals surface area contributed by atoms with Crippen molar-refractivity contribution in [3.05, 3.63) is 30.6 Å². The van der Waals surface area contributed by atoms with Gasteiger partial charge in [0.15, 0.2) is 0 Å². The van der Waals surface area contributed by atoms with Gasteiger partial charge in [-0.25, -0.2) is 9.97 Å². The first-order chi connectivity index (χ1) is 11.6. The van der Waals surface area contributed by atoms with E-state index in [2.05, 4.69) is 20.6 Å². The van der Waals surface area contributed by atoms with Crippen LogP contribution in [0, 0.1) is 5.92 Å². The predicted octanol–water partition coefficient (Wildman–Crippen LogP) is 3.53. The maximum Gasteiger partial charge on any atom is 0.222 e. The molecule has 3 rings (SSSR count). The zero-order valence-electron chi connectivity index (χ0n) is 14.5. The van der Waals surface area contributed by atoms with Crippen LogP contribution >= 0.6 is 0 Å². The van der Waals surface area contributed by atoms with Crippen molar-refractivity contribution in [2.45, 2.75) is 33.6 Å². The Morgan fingerprint density at radius 1 is 1.25 bits per heavy atom. The smallest absolute Gasteiger partial charge is 0.222 e. The van der Waals surface area contributed by atoms with E-state index >= 15 is 0 Å². The van der Waals surface area contributed by atoms with E-state index in [1.165, 1.54) is 19.8 Å². The van der Waals surface area contributed by atoms with Crippen molar-refractivity contribution >= 4 is 23.2 Å². The van der Waals surface area contributed by atoms with E-state index < -0.39 is 0 Å². The summed E-state index contributed by atoms with van der Waals surface area (Å²) in [7, 11) is 0. The third-order valence-corrected chi connectivity index (χ3v) is 3.59. The van der Waals surface area contributed by atoms with Gasteiger partial charge < -0.3 is 16.4 Å². The lowest BCUT2D eigenvalue weighted by Crippen LogP contribution is -2.08. The third kappa shape index (κ3) is 4.94. The first-order valence-electron chi connectivity index (χ1n) is 8.35. The van der Waals surface area contributed by atoms with Gasteiger partial charge in [-0.05, 0) is 42.5 Å². The number of carbonyl (C=O) groups excluding carboxylic acids is 1. The lowest BCUT2D eigenvalue weighted by atomic mass is 10.1. The van der Waals surface area contributed by atoms with Gasteiger partial charge in [-0.15, -0.1) is 0 Å². The molecule has 0 unspecified atom stereocenters. The van der Waals surface area contributed by atoms with Crippen molar-refractivity contribution in [3.63, 3.8) is 0 Å². The number of nitrogens with two attached hydrogens (primary N) is 1. The van der Waals surface area contributed by atoms with E-state index in [-0.39, 0.29) is 5.91 Å². The Bertz CT molecular complexity index is 698. The second-order valence-electron chi connectivity index (χ2n) is 5.59. The first kappa shape index (κ1) is 17.7. The van der Waals surface area contributed by atoms with Crippen molar-refractivity contribution < 1.29 is 4.79 Å². The molecule has 4 N–H and O–H groups in total. The van der Waals surface area contributed by atoms with E-state index in [0.717, 1.165) is 29.3 Å². The molecule has 24 heavy (non-hydrogen) atoms. The zero-order chi connectivity index (χ0) is 17.5. The Morgan fingerprint density at radius 2 is 2.00 bits per heavy atom. The number of nitrogens with one attached hydrogen (secondary N) is 2. The van der Waals surface area contributed by atoms with E-state index in [1.807, 2.05) is 32.0 Å². The number of nitrogens with zero attached hydrogens (tertiary/aromatic N) is 2. The average molecular weight is 327 g/mol. The van der Waals surface area contributed by atoms with E-state index in [1.54, 1.807) is 12.4 Å². The van der Waals surface area contributed by atoms with Gasteiger partial charge in [0.1, 0.15) is 11.6 Å². The molecule has 1 aliphatic carbocycles. The number of pyridine rings is 2. The maximum absolute atomic E-state index is 11.1. The van der Waals surface area contributed by atoms with E-state index in [4.69, 9.17) is 5.73 Å². The van der Waals surface area contributed by atoms with Crippen LogP contribution in [0.1, 0.15) is 33.6 Å². The number of amides is 1. The second-order valence-corrected chi connectivity index (χ2v) is 5.59. The summed E-state index contributed by atoms with van der Waals surface area (Å²) >= 11 is 0. The first-order valence-corrected chi connectivity index (χ1v) is 8.35. The molecular formula is C18H25N5O. The summed E-state index contributed by atoms with van der Waals surface area (Å²) in [5.41, 5.74) is 8.64. The quantitative estimate of drug-likeness (QED) is 0.781. The minimum Gasteiger partial charge on any atom is -0.382 e. The fourth-order valence-corrected chi connectivity index (χ4v) is 2.21. The van der Waals surface area contributed by atoms with Crippen LogP contribution < -0.4 is 16.4 Å². The monoisotopic (exact) mass is 327 g/mol. The molecule has 6 nitrogen and oxygen atoms in total. The van der Waals surface area contributed by atoms with Crippen LogP contribution in [0.4, 0.5) is 17.3 Å². The van der Waals surface area contributed by atoms with Crippen molar-refractivity contribution in [1.82, 2.24) is 9.97 Å². The maximum atomic E-state index is 11.1. The van der Waals surface area contributed by atoms with Crippen molar-refractivity contribution in [2.75, 3.05) is 22.9 Å². The molecule has 0 aromatic carbocycles. The molecule has 1 saturated carbocycles. The lowest BCUT2D eigenvalue weighted by molar-refractivity contribution is -0.114. The van der Waals surface area contributed by atoms with Crippen LogP contribution in [-0.4, -0.2) is 22.4 Å². The number of aromatic nitrogens is 2. The van der Waals surface area contributed by atoms with E-state index in [9.17, 15) is 4.79 Å². The molecule has 1 amide bonds. The van der Waals surface area contributed by atoms with Gasteiger partial charge in [0.2, 0.25) is 5.91 Å². The molecule has 2 aromatic heterocycles. The van der Waals surface area contributed by atoms with E-state index in [0.29, 0.717) is 11.6 Å². The number of nitrogen functional groups attached to an aromatic ring is 1. The summed E-state index contributed by atoms with van der Waals surface area (Å²) in [5.74, 6) is 1.64. The molecule has 128 valence electrons. The molecule has 0 aliphatic heterocycles. The summed E-state index contributed by atoms with van der Waals surface area (Å²) in [5, 5.41) is 6.04. The Hall–Kier alpha value is -2.63. The highest BCUT2D eigenvalue weighted by atomic mass is 16.1. The highest BCUT2D eigenvalue weighted by Gasteiger charge is 2.21. The van der Waals surface area contributed by atoms with Crippen molar-refractivity contribution in [3.8, 4) is 11.1 Å². The van der Waals surface area contributed by atoms with Crippen LogP contribution in [0.15, 0.2) is 30.6 Å². The fourth-order valence-electron chi connectivity index (χ4n) is 2.21. The molecule has 2 heterocycles. The topological polar surface area (TPSA) is 92.9 Å². The molecule has 1 aliphatic rings. The number of anilines is 3. The molecule has 1 fully saturated rings. The molecule has 2 aromatic rings. The third-order valence-electron chi connectivity index (χ3n) is 3.59. The van der Waals surface area contributed by atoms with Crippen LogP contribution in [0.25, 0.3) is 11.1 Å². The molecule has 6 heteroatoms. The minimum absolute atomic E-state index is 0.146. The second kappa shape index (κ2) is 8.29. The van der Waals surface area contributed by atoms with Crippen LogP contribution in [0.5, 0.6) is 0 Å². The highest BCUT2D eigenvalue weighted by molar-refractivity contribution is 5.88. The van der Waals surface area contributed by atoms with Crippen LogP contribution in [0.2, 0.25) is 0 Å². The molecule has 0 spiro atoms. The van der Waals surface area contributed by atoms with Crippen LogP contribution in [-0.2, 0) is 4.79 Å². The number of hydrogen-bond acceptors (Lipinski definition) is 5. The summed E-state index contributed by atoms with van der Waals surface area (Å²) in [4.78, 5) is 19.5. The predicted molar refractivity (Wildman–Crippen MR) is 98.7 cm³/mol. The Balaban J connectivity index is 0.00000100. The Morgan fingerprint density at radius 3 is 2.67 bits per heavy atom. The Kier molecular flexibility index (Phi) is 6.12. The summed E-state index contributed by atoms with van der Waals surface area (Å²) < 4.78 is 0. The van der Waals surface area contributed by atoms with Gasteiger partial charge in [-0.1, -0.05) is 13.8 Å². The molecule has 0 radical (unpaired) electrons. The van der Waals surface area contributed by atoms with Gasteiger partial charge in [0.05, 0.1) is 5.69 Å². The Labute approximate surface area is 142 Å². The standard InChI is InChI=1S/C16H19N5O.C2H6/c1-10(22)21-15-7-12(4-5-18-15)13-6-14(16(17)20-9-13)19-8-11-2-3-11;1-2/h4-7,9,11,19H,2-3,8H2,1H3,(H2,17,20)(H,18,21,22);1-2H3. The summed E-state index contributed by atoms with van der Waals surface area (Å²) in [6.45, 7) is 6.39. The molecule has 0 atom stereocenters. The number of hydrogen-bond donors (Lipinski definition) is 3. The average Bonchev–Trinajstić information content (AvgIpc) is 3.40. The molecule has 0 saturated heterocycles. The number of carbonyl (C=O) groups is 1. The van der Waals surface area contributed by atoms with Gasteiger partial charge in [0.25, 0.3) is 0 Å². The molecule has 0 bridgehead atoms. The van der Waals surface area contributed by atoms with Gasteiger partial charge >= 0.3 is 0 Å². The minimum atomic E-state index is -0.146. The highest BCUT2D eigenvalue weighted by Crippen LogP contribution is 2.31. The largest absolute Gasteiger partial charge is 0.382 e. The SMILES string of the molecule is CC.CC(=O)Nc1cc(-c2cnc(N)c(NCC3CC3)c2)ccn1. The fraction of sp³-hybridized carbons (Fsp3) is 0.389. The summed E-state index contributed by atoms with van der Waals surface area (Å²) in [6.07, 6.45) is 5.95. The van der Waals surface area contributed by atoms with Crippen molar-refractivity contribution in [2.24, 2.45) is 5.92 Å². The molecular weight excluding hydrogens is 302 g/mol. The van der Waals surface area contributed by atoms with Gasteiger partial charge in [-0.2, -0.15) is 0 Å². The number of rotatable bonds is 5. The normalized spacial score (nSPS) is 12.8. The van der Waals surface area contributed by atoms with Crippen LogP contribution in [0.3, 0.4) is 0 Å². The zero-order valence-corrected chi connectivity index (χ0v) is 14.5. The van der Waals surface area contributed by atoms with Crippen molar-refractivity contribution in [1.29, 1.82) is 0 Å².